The molecule has 0 spiro atoms. The minimum absolute atomic E-state index is 0.157. The number of rotatable bonds is 9. The van der Waals surface area contributed by atoms with E-state index in [0.29, 0.717) is 6.04 Å². The van der Waals surface area contributed by atoms with Crippen LogP contribution in [0.25, 0.3) is 0 Å². The molecular weight excluding hydrogens is 335 g/mol. The molecule has 27 heavy (non-hydrogen) atoms. The van der Waals surface area contributed by atoms with Crippen molar-refractivity contribution in [2.24, 2.45) is 5.92 Å². The monoisotopic (exact) mass is 366 g/mol. The van der Waals surface area contributed by atoms with Crippen LogP contribution < -0.4 is 0 Å². The minimum atomic E-state index is -0.589. The van der Waals surface area contributed by atoms with Crippen LogP contribution in [0.1, 0.15) is 51.7 Å². The molecule has 2 rings (SSSR count). The third-order valence-electron chi connectivity index (χ3n) is 5.76. The Labute approximate surface area is 163 Å². The molecule has 0 aliphatic heterocycles. The van der Waals surface area contributed by atoms with Gasteiger partial charge >= 0.3 is 0 Å². The normalized spacial score (nSPS) is 14.7. The second-order valence-electron chi connectivity index (χ2n) is 7.68. The number of benzene rings is 2. The number of hydrogen-bond donors (Lipinski definition) is 0. The van der Waals surface area contributed by atoms with Crippen LogP contribution in [0.3, 0.4) is 0 Å². The Kier molecular flexibility index (Phi) is 7.56. The molecule has 0 heterocycles. The topological polar surface area (TPSA) is 27.0 Å². The molecule has 0 saturated carbocycles. The van der Waals surface area contributed by atoms with Crippen molar-refractivity contribution in [1.29, 1.82) is 5.26 Å². The quantitative estimate of drug-likeness (QED) is 0.549. The Morgan fingerprint density at radius 1 is 1.04 bits per heavy atom. The zero-order chi connectivity index (χ0) is 19.9. The van der Waals surface area contributed by atoms with Gasteiger partial charge in [-0.05, 0) is 55.5 Å². The molecule has 0 fully saturated rings. The van der Waals surface area contributed by atoms with Gasteiger partial charge in [-0.3, -0.25) is 4.90 Å². The van der Waals surface area contributed by atoms with Gasteiger partial charge in [-0.1, -0.05) is 63.2 Å². The lowest BCUT2D eigenvalue weighted by atomic mass is 9.69. The van der Waals surface area contributed by atoms with E-state index in [4.69, 9.17) is 0 Å². The van der Waals surface area contributed by atoms with Crippen LogP contribution in [-0.4, -0.2) is 17.5 Å². The second-order valence-corrected chi connectivity index (χ2v) is 7.68. The Morgan fingerprint density at radius 2 is 1.67 bits per heavy atom. The lowest BCUT2D eigenvalue weighted by Crippen LogP contribution is -2.36. The average molecular weight is 367 g/mol. The van der Waals surface area contributed by atoms with Crippen molar-refractivity contribution in [3.8, 4) is 6.07 Å². The van der Waals surface area contributed by atoms with E-state index in [0.717, 1.165) is 31.5 Å². The van der Waals surface area contributed by atoms with E-state index in [9.17, 15) is 9.65 Å². The Balaban J connectivity index is 2.13. The van der Waals surface area contributed by atoms with E-state index in [-0.39, 0.29) is 11.7 Å². The summed E-state index contributed by atoms with van der Waals surface area (Å²) in [7, 11) is 0. The van der Waals surface area contributed by atoms with Gasteiger partial charge in [0.1, 0.15) is 5.82 Å². The molecule has 3 heteroatoms. The molecule has 144 valence electrons. The van der Waals surface area contributed by atoms with Crippen LogP contribution in [0.2, 0.25) is 0 Å². The molecule has 0 saturated heterocycles. The summed E-state index contributed by atoms with van der Waals surface area (Å²) < 4.78 is 13.4. The van der Waals surface area contributed by atoms with E-state index in [1.54, 1.807) is 12.1 Å². The standard InChI is InChI=1S/C24H31FN2/c1-5-27(17-21-9-7-6-8-10-21)20(4)15-16-24(18-26,19(2)3)22-11-13-23(25)14-12-22/h6-14,19-20H,5,15-17H2,1-4H3. The summed E-state index contributed by atoms with van der Waals surface area (Å²) in [4.78, 5) is 2.45. The van der Waals surface area contributed by atoms with Crippen molar-refractivity contribution >= 4 is 0 Å². The van der Waals surface area contributed by atoms with E-state index < -0.39 is 5.41 Å². The molecular formula is C24H31FN2. The van der Waals surface area contributed by atoms with Gasteiger partial charge in [0.05, 0.1) is 11.5 Å². The Bertz CT molecular complexity index is 733. The van der Waals surface area contributed by atoms with Crippen molar-refractivity contribution in [3.05, 3.63) is 71.5 Å². The summed E-state index contributed by atoms with van der Waals surface area (Å²) in [5, 5.41) is 10.1. The first kappa shape index (κ1) is 21.1. The highest BCUT2D eigenvalue weighted by atomic mass is 19.1. The highest BCUT2D eigenvalue weighted by Gasteiger charge is 2.36. The largest absolute Gasteiger partial charge is 0.297 e. The zero-order valence-corrected chi connectivity index (χ0v) is 17.0. The Hall–Kier alpha value is -2.18. The first-order chi connectivity index (χ1) is 12.9. The fourth-order valence-corrected chi connectivity index (χ4v) is 3.78. The van der Waals surface area contributed by atoms with Gasteiger partial charge in [0, 0.05) is 12.6 Å². The van der Waals surface area contributed by atoms with Gasteiger partial charge in [0.25, 0.3) is 0 Å². The lowest BCUT2D eigenvalue weighted by molar-refractivity contribution is 0.186. The molecule has 0 bridgehead atoms. The second kappa shape index (κ2) is 9.67. The number of hydrogen-bond acceptors (Lipinski definition) is 2. The number of halogens is 1. The highest BCUT2D eigenvalue weighted by molar-refractivity contribution is 5.33. The average Bonchev–Trinajstić information content (AvgIpc) is 2.68. The first-order valence-electron chi connectivity index (χ1n) is 9.88. The molecule has 2 aromatic rings. The van der Waals surface area contributed by atoms with E-state index >= 15 is 0 Å². The van der Waals surface area contributed by atoms with Crippen LogP contribution in [-0.2, 0) is 12.0 Å². The molecule has 2 nitrogen and oxygen atoms in total. The van der Waals surface area contributed by atoms with E-state index in [1.807, 2.05) is 6.07 Å². The minimum Gasteiger partial charge on any atom is -0.297 e. The van der Waals surface area contributed by atoms with Crippen molar-refractivity contribution in [3.63, 3.8) is 0 Å². The number of nitriles is 1. The molecule has 0 amide bonds. The van der Waals surface area contributed by atoms with Crippen LogP contribution in [0.4, 0.5) is 4.39 Å². The van der Waals surface area contributed by atoms with Crippen LogP contribution in [0.5, 0.6) is 0 Å². The van der Waals surface area contributed by atoms with Gasteiger partial charge in [0.2, 0.25) is 0 Å². The summed E-state index contributed by atoms with van der Waals surface area (Å²) in [6, 6.07) is 19.9. The third kappa shape index (κ3) is 5.17. The zero-order valence-electron chi connectivity index (χ0n) is 17.0. The summed E-state index contributed by atoms with van der Waals surface area (Å²) in [5.41, 5.74) is 1.63. The van der Waals surface area contributed by atoms with Gasteiger partial charge in [0.15, 0.2) is 0 Å². The molecule has 2 atom stereocenters. The molecule has 0 aliphatic carbocycles. The Morgan fingerprint density at radius 3 is 2.19 bits per heavy atom. The van der Waals surface area contributed by atoms with Crippen LogP contribution >= 0.6 is 0 Å². The van der Waals surface area contributed by atoms with Crippen molar-refractivity contribution in [2.75, 3.05) is 6.54 Å². The molecule has 0 radical (unpaired) electrons. The SMILES string of the molecule is CCN(Cc1ccccc1)C(C)CCC(C#N)(c1ccc(F)cc1)C(C)C. The molecule has 0 aliphatic rings. The molecule has 0 aromatic heterocycles. The van der Waals surface area contributed by atoms with Crippen LogP contribution in [0.15, 0.2) is 54.6 Å². The first-order valence-corrected chi connectivity index (χ1v) is 9.88. The van der Waals surface area contributed by atoms with Crippen molar-refractivity contribution in [1.82, 2.24) is 4.90 Å². The number of nitrogens with zero attached hydrogens (tertiary/aromatic N) is 2. The lowest BCUT2D eigenvalue weighted by Gasteiger charge is -2.35. The molecule has 0 N–H and O–H groups in total. The van der Waals surface area contributed by atoms with Crippen molar-refractivity contribution < 1.29 is 4.39 Å². The smallest absolute Gasteiger partial charge is 0.123 e. The summed E-state index contributed by atoms with van der Waals surface area (Å²) in [6.07, 6.45) is 1.68. The maximum atomic E-state index is 13.4. The maximum absolute atomic E-state index is 13.4. The summed E-state index contributed by atoms with van der Waals surface area (Å²) >= 11 is 0. The highest BCUT2D eigenvalue weighted by Crippen LogP contribution is 2.37. The van der Waals surface area contributed by atoms with Crippen LogP contribution in [0, 0.1) is 23.1 Å². The molecule has 2 aromatic carbocycles. The predicted octanol–water partition coefficient (Wildman–Crippen LogP) is 5.93. The van der Waals surface area contributed by atoms with Crippen molar-refractivity contribution in [2.45, 2.75) is 58.5 Å². The van der Waals surface area contributed by atoms with Gasteiger partial charge in [-0.2, -0.15) is 5.26 Å². The van der Waals surface area contributed by atoms with Gasteiger partial charge < -0.3 is 0 Å². The fourth-order valence-electron chi connectivity index (χ4n) is 3.78. The fraction of sp³-hybridized carbons (Fsp3) is 0.458. The maximum Gasteiger partial charge on any atom is 0.123 e. The van der Waals surface area contributed by atoms with Gasteiger partial charge in [-0.15, -0.1) is 0 Å². The van der Waals surface area contributed by atoms with E-state index in [1.165, 1.54) is 17.7 Å². The van der Waals surface area contributed by atoms with Gasteiger partial charge in [-0.25, -0.2) is 4.39 Å². The summed E-state index contributed by atoms with van der Waals surface area (Å²) in [5.74, 6) is -0.105. The predicted molar refractivity (Wildman–Crippen MR) is 110 cm³/mol. The third-order valence-corrected chi connectivity index (χ3v) is 5.76. The molecule has 2 unspecified atom stereocenters. The summed E-state index contributed by atoms with van der Waals surface area (Å²) in [6.45, 7) is 10.5. The van der Waals surface area contributed by atoms with E-state index in [2.05, 4.69) is 62.9 Å².